The molecule has 0 aliphatic carbocycles. The zero-order chi connectivity index (χ0) is 13.8. The lowest BCUT2D eigenvalue weighted by Gasteiger charge is -2.22. The van der Waals surface area contributed by atoms with Crippen molar-refractivity contribution in [1.82, 2.24) is 0 Å². The maximum absolute atomic E-state index is 3.14. The van der Waals surface area contributed by atoms with Gasteiger partial charge in [0.25, 0.3) is 0 Å². The molecule has 0 unspecified atom stereocenters. The van der Waals surface area contributed by atoms with E-state index in [0.717, 1.165) is 12.2 Å². The monoisotopic (exact) mass is 254 g/mol. The molecular formula is C17H22N2. The molecule has 2 rings (SSSR count). The first-order valence-corrected chi connectivity index (χ1v) is 6.65. The van der Waals surface area contributed by atoms with Gasteiger partial charge in [-0.15, -0.1) is 0 Å². The molecule has 0 heterocycles. The van der Waals surface area contributed by atoms with Crippen LogP contribution in [0.1, 0.15) is 16.7 Å². The summed E-state index contributed by atoms with van der Waals surface area (Å²) < 4.78 is 0. The number of anilines is 2. The van der Waals surface area contributed by atoms with Crippen LogP contribution in [0.2, 0.25) is 0 Å². The number of nitrogens with zero attached hydrogens (tertiary/aromatic N) is 1. The van der Waals surface area contributed by atoms with Gasteiger partial charge in [0, 0.05) is 32.0 Å². The molecule has 0 saturated carbocycles. The van der Waals surface area contributed by atoms with Gasteiger partial charge in [-0.3, -0.25) is 0 Å². The summed E-state index contributed by atoms with van der Waals surface area (Å²) in [5, 5.41) is 3.14. The maximum atomic E-state index is 3.14. The van der Waals surface area contributed by atoms with Crippen molar-refractivity contribution >= 4 is 11.4 Å². The third-order valence-electron chi connectivity index (χ3n) is 3.44. The Morgan fingerprint density at radius 3 is 2.32 bits per heavy atom. The lowest BCUT2D eigenvalue weighted by molar-refractivity contribution is 0.916. The van der Waals surface area contributed by atoms with Gasteiger partial charge in [-0.2, -0.15) is 0 Å². The Balaban J connectivity index is 2.15. The topological polar surface area (TPSA) is 15.3 Å². The van der Waals surface area contributed by atoms with Gasteiger partial charge in [0.15, 0.2) is 0 Å². The van der Waals surface area contributed by atoms with Gasteiger partial charge >= 0.3 is 0 Å². The van der Waals surface area contributed by atoms with E-state index in [4.69, 9.17) is 0 Å². The minimum atomic E-state index is 0.925. The number of nitrogens with one attached hydrogen (secondary N) is 1. The molecule has 0 spiro atoms. The Bertz CT molecular complexity index is 544. The first kappa shape index (κ1) is 13.5. The maximum Gasteiger partial charge on any atom is 0.0426 e. The fourth-order valence-electron chi connectivity index (χ4n) is 2.27. The summed E-state index contributed by atoms with van der Waals surface area (Å²) in [6.45, 7) is 5.22. The highest BCUT2D eigenvalue weighted by atomic mass is 15.1. The summed E-state index contributed by atoms with van der Waals surface area (Å²) >= 11 is 0. The molecule has 0 atom stereocenters. The minimum absolute atomic E-state index is 0.925. The highest BCUT2D eigenvalue weighted by Crippen LogP contribution is 2.22. The lowest BCUT2D eigenvalue weighted by Crippen LogP contribution is -2.17. The molecule has 0 fully saturated rings. The van der Waals surface area contributed by atoms with Gasteiger partial charge in [-0.05, 0) is 48.7 Å². The van der Waals surface area contributed by atoms with Gasteiger partial charge in [-0.25, -0.2) is 0 Å². The van der Waals surface area contributed by atoms with E-state index in [2.05, 4.69) is 73.6 Å². The highest BCUT2D eigenvalue weighted by molar-refractivity contribution is 5.55. The average molecular weight is 254 g/mol. The second-order valence-corrected chi connectivity index (χ2v) is 5.09. The van der Waals surface area contributed by atoms with E-state index in [1.54, 1.807) is 0 Å². The summed E-state index contributed by atoms with van der Waals surface area (Å²) in [7, 11) is 4.09. The SMILES string of the molecule is CNc1ccc(CN(C)c2cc(C)ccc2C)cc1. The number of aryl methyl sites for hydroxylation is 2. The van der Waals surface area contributed by atoms with E-state index in [-0.39, 0.29) is 0 Å². The first-order valence-electron chi connectivity index (χ1n) is 6.65. The van der Waals surface area contributed by atoms with Crippen LogP contribution in [0.4, 0.5) is 11.4 Å². The molecule has 1 N–H and O–H groups in total. The Kier molecular flexibility index (Phi) is 4.10. The van der Waals surface area contributed by atoms with E-state index in [0.29, 0.717) is 0 Å². The third kappa shape index (κ3) is 3.28. The molecule has 0 amide bonds. The number of hydrogen-bond donors (Lipinski definition) is 1. The molecule has 0 radical (unpaired) electrons. The quantitative estimate of drug-likeness (QED) is 0.887. The van der Waals surface area contributed by atoms with Crippen LogP contribution in [0.25, 0.3) is 0 Å². The van der Waals surface area contributed by atoms with Crippen molar-refractivity contribution in [1.29, 1.82) is 0 Å². The van der Waals surface area contributed by atoms with Gasteiger partial charge in [-0.1, -0.05) is 24.3 Å². The Hall–Kier alpha value is -1.96. The van der Waals surface area contributed by atoms with Crippen LogP contribution < -0.4 is 10.2 Å². The van der Waals surface area contributed by atoms with Crippen molar-refractivity contribution in [2.24, 2.45) is 0 Å². The highest BCUT2D eigenvalue weighted by Gasteiger charge is 2.05. The summed E-state index contributed by atoms with van der Waals surface area (Å²) in [6, 6.07) is 15.2. The molecule has 100 valence electrons. The standard InChI is InChI=1S/C17H22N2/c1-13-5-6-14(2)17(11-13)19(4)12-15-7-9-16(18-3)10-8-15/h5-11,18H,12H2,1-4H3. The van der Waals surface area contributed by atoms with Crippen molar-refractivity contribution in [3.05, 3.63) is 59.2 Å². The first-order chi connectivity index (χ1) is 9.10. The Labute approximate surface area is 116 Å². The van der Waals surface area contributed by atoms with Crippen molar-refractivity contribution < 1.29 is 0 Å². The second-order valence-electron chi connectivity index (χ2n) is 5.09. The molecule has 2 aromatic carbocycles. The van der Waals surface area contributed by atoms with E-state index >= 15 is 0 Å². The fourth-order valence-corrected chi connectivity index (χ4v) is 2.27. The van der Waals surface area contributed by atoms with Crippen LogP contribution in [-0.4, -0.2) is 14.1 Å². The molecular weight excluding hydrogens is 232 g/mol. The van der Waals surface area contributed by atoms with Crippen molar-refractivity contribution in [2.75, 3.05) is 24.3 Å². The molecule has 2 aromatic rings. The zero-order valence-corrected chi connectivity index (χ0v) is 12.2. The summed E-state index contributed by atoms with van der Waals surface area (Å²) in [4.78, 5) is 2.30. The second kappa shape index (κ2) is 5.79. The predicted molar refractivity (Wildman–Crippen MR) is 84.0 cm³/mol. The van der Waals surface area contributed by atoms with Gasteiger partial charge in [0.2, 0.25) is 0 Å². The van der Waals surface area contributed by atoms with Crippen LogP contribution in [-0.2, 0) is 6.54 Å². The minimum Gasteiger partial charge on any atom is -0.388 e. The zero-order valence-electron chi connectivity index (χ0n) is 12.2. The molecule has 0 aromatic heterocycles. The molecule has 2 heteroatoms. The number of rotatable bonds is 4. The molecule has 0 saturated heterocycles. The summed E-state index contributed by atoms with van der Waals surface area (Å²) in [5.74, 6) is 0. The lowest BCUT2D eigenvalue weighted by atomic mass is 10.1. The average Bonchev–Trinajstić information content (AvgIpc) is 2.42. The summed E-state index contributed by atoms with van der Waals surface area (Å²) in [6.07, 6.45) is 0. The van der Waals surface area contributed by atoms with E-state index in [9.17, 15) is 0 Å². The van der Waals surface area contributed by atoms with Crippen LogP contribution >= 0.6 is 0 Å². The Morgan fingerprint density at radius 1 is 1.00 bits per heavy atom. The van der Waals surface area contributed by atoms with Crippen molar-refractivity contribution in [2.45, 2.75) is 20.4 Å². The molecule has 2 nitrogen and oxygen atoms in total. The van der Waals surface area contributed by atoms with Crippen LogP contribution in [0, 0.1) is 13.8 Å². The number of hydrogen-bond acceptors (Lipinski definition) is 2. The third-order valence-corrected chi connectivity index (χ3v) is 3.44. The molecule has 19 heavy (non-hydrogen) atoms. The van der Waals surface area contributed by atoms with Crippen LogP contribution in [0.15, 0.2) is 42.5 Å². The smallest absolute Gasteiger partial charge is 0.0426 e. The van der Waals surface area contributed by atoms with Gasteiger partial charge < -0.3 is 10.2 Å². The van der Waals surface area contributed by atoms with Crippen molar-refractivity contribution in [3.8, 4) is 0 Å². The van der Waals surface area contributed by atoms with Crippen molar-refractivity contribution in [3.63, 3.8) is 0 Å². The molecule has 0 aliphatic heterocycles. The number of benzene rings is 2. The van der Waals surface area contributed by atoms with Crippen LogP contribution in [0.5, 0.6) is 0 Å². The van der Waals surface area contributed by atoms with E-state index < -0.39 is 0 Å². The van der Waals surface area contributed by atoms with Gasteiger partial charge in [0.05, 0.1) is 0 Å². The molecule has 0 bridgehead atoms. The van der Waals surface area contributed by atoms with E-state index in [1.165, 1.54) is 22.4 Å². The molecule has 0 aliphatic rings. The summed E-state index contributed by atoms with van der Waals surface area (Å²) in [5.41, 5.74) is 6.40. The normalized spacial score (nSPS) is 10.3. The fraction of sp³-hybridized carbons (Fsp3) is 0.294. The predicted octanol–water partition coefficient (Wildman–Crippen LogP) is 3.98. The Morgan fingerprint density at radius 2 is 1.68 bits per heavy atom. The van der Waals surface area contributed by atoms with E-state index in [1.807, 2.05) is 7.05 Å². The van der Waals surface area contributed by atoms with Gasteiger partial charge in [0.1, 0.15) is 0 Å². The largest absolute Gasteiger partial charge is 0.388 e. The van der Waals surface area contributed by atoms with Crippen LogP contribution in [0.3, 0.4) is 0 Å².